The Labute approximate surface area is 123 Å². The zero-order valence-electron chi connectivity index (χ0n) is 11.7. The molecule has 4 nitrogen and oxygen atoms in total. The number of carbonyl (C=O) groups is 2. The standard InChI is InChI=1S/C17H16O4/c1-2-21-17(20)15-6-4-3-5-14(15)11-12-7-9-13(10-8-12)16(18)19/h3-10H,2,11H2,1H3,(H,18,19). The molecule has 0 aliphatic heterocycles. The van der Waals surface area contributed by atoms with E-state index in [1.807, 2.05) is 12.1 Å². The summed E-state index contributed by atoms with van der Waals surface area (Å²) in [5.74, 6) is -1.29. The third-order valence-corrected chi connectivity index (χ3v) is 3.11. The fraction of sp³-hybridized carbons (Fsp3) is 0.176. The second kappa shape index (κ2) is 6.70. The van der Waals surface area contributed by atoms with Crippen molar-refractivity contribution in [2.45, 2.75) is 13.3 Å². The molecule has 0 unspecified atom stereocenters. The van der Waals surface area contributed by atoms with Crippen molar-refractivity contribution in [1.29, 1.82) is 0 Å². The maximum atomic E-state index is 11.9. The van der Waals surface area contributed by atoms with Crippen LogP contribution in [0.3, 0.4) is 0 Å². The van der Waals surface area contributed by atoms with Crippen molar-refractivity contribution in [3.8, 4) is 0 Å². The van der Waals surface area contributed by atoms with E-state index in [2.05, 4.69) is 0 Å². The van der Waals surface area contributed by atoms with Gasteiger partial charge in [0.25, 0.3) is 0 Å². The number of ether oxygens (including phenoxy) is 1. The highest BCUT2D eigenvalue weighted by atomic mass is 16.5. The van der Waals surface area contributed by atoms with Gasteiger partial charge in [-0.05, 0) is 42.7 Å². The first-order valence-electron chi connectivity index (χ1n) is 6.69. The second-order valence-corrected chi connectivity index (χ2v) is 4.56. The number of hydrogen-bond donors (Lipinski definition) is 1. The monoisotopic (exact) mass is 284 g/mol. The lowest BCUT2D eigenvalue weighted by atomic mass is 9.99. The average molecular weight is 284 g/mol. The summed E-state index contributed by atoms with van der Waals surface area (Å²) < 4.78 is 5.04. The topological polar surface area (TPSA) is 63.6 Å². The summed E-state index contributed by atoms with van der Waals surface area (Å²) in [6, 6.07) is 13.9. The third kappa shape index (κ3) is 3.69. The minimum absolute atomic E-state index is 0.248. The predicted molar refractivity (Wildman–Crippen MR) is 78.6 cm³/mol. The smallest absolute Gasteiger partial charge is 0.338 e. The molecule has 2 aromatic rings. The number of hydrogen-bond acceptors (Lipinski definition) is 3. The number of aromatic carboxylic acids is 1. The first-order chi connectivity index (χ1) is 10.1. The Morgan fingerprint density at radius 2 is 1.71 bits per heavy atom. The molecule has 0 bridgehead atoms. The second-order valence-electron chi connectivity index (χ2n) is 4.56. The van der Waals surface area contributed by atoms with E-state index < -0.39 is 5.97 Å². The molecule has 4 heteroatoms. The van der Waals surface area contributed by atoms with Crippen molar-refractivity contribution in [3.05, 3.63) is 70.8 Å². The van der Waals surface area contributed by atoms with Gasteiger partial charge in [-0.2, -0.15) is 0 Å². The minimum Gasteiger partial charge on any atom is -0.478 e. The van der Waals surface area contributed by atoms with E-state index >= 15 is 0 Å². The van der Waals surface area contributed by atoms with Crippen LogP contribution in [0.25, 0.3) is 0 Å². The summed E-state index contributed by atoms with van der Waals surface area (Å²) in [5.41, 5.74) is 2.59. The Hall–Kier alpha value is -2.62. The average Bonchev–Trinajstić information content (AvgIpc) is 2.48. The lowest BCUT2D eigenvalue weighted by molar-refractivity contribution is 0.0524. The van der Waals surface area contributed by atoms with Crippen LogP contribution in [0.5, 0.6) is 0 Å². The molecule has 1 N–H and O–H groups in total. The van der Waals surface area contributed by atoms with Gasteiger partial charge < -0.3 is 9.84 Å². The van der Waals surface area contributed by atoms with Crippen molar-refractivity contribution in [2.75, 3.05) is 6.61 Å². The number of carboxylic acids is 1. The molecule has 0 saturated heterocycles. The zero-order chi connectivity index (χ0) is 15.2. The third-order valence-electron chi connectivity index (χ3n) is 3.11. The molecule has 0 saturated carbocycles. The van der Waals surface area contributed by atoms with Crippen LogP contribution >= 0.6 is 0 Å². The molecule has 0 radical (unpaired) electrons. The van der Waals surface area contributed by atoms with Crippen molar-refractivity contribution in [3.63, 3.8) is 0 Å². The van der Waals surface area contributed by atoms with E-state index in [0.717, 1.165) is 11.1 Å². The molecule has 2 aromatic carbocycles. The van der Waals surface area contributed by atoms with Crippen LogP contribution in [-0.4, -0.2) is 23.7 Å². The van der Waals surface area contributed by atoms with E-state index in [1.54, 1.807) is 43.3 Å². The van der Waals surface area contributed by atoms with Crippen molar-refractivity contribution in [2.24, 2.45) is 0 Å². The van der Waals surface area contributed by atoms with Crippen LogP contribution in [0.15, 0.2) is 48.5 Å². The Bertz CT molecular complexity index is 644. The largest absolute Gasteiger partial charge is 0.478 e. The van der Waals surface area contributed by atoms with Crippen molar-refractivity contribution < 1.29 is 19.4 Å². The number of benzene rings is 2. The van der Waals surface area contributed by atoms with Gasteiger partial charge in [0.2, 0.25) is 0 Å². The Kier molecular flexibility index (Phi) is 4.72. The van der Waals surface area contributed by atoms with E-state index in [1.165, 1.54) is 0 Å². The fourth-order valence-corrected chi connectivity index (χ4v) is 2.07. The molecule has 0 fully saturated rings. The summed E-state index contributed by atoms with van der Waals surface area (Å²) in [5, 5.41) is 8.88. The van der Waals surface area contributed by atoms with Gasteiger partial charge in [0.05, 0.1) is 17.7 Å². The number of rotatable bonds is 5. The molecule has 0 atom stereocenters. The molecular formula is C17H16O4. The van der Waals surface area contributed by atoms with Gasteiger partial charge in [-0.25, -0.2) is 9.59 Å². The van der Waals surface area contributed by atoms with Crippen LogP contribution in [-0.2, 0) is 11.2 Å². The maximum absolute atomic E-state index is 11.9. The van der Waals surface area contributed by atoms with Crippen LogP contribution in [0.4, 0.5) is 0 Å². The Balaban J connectivity index is 2.23. The van der Waals surface area contributed by atoms with E-state index in [0.29, 0.717) is 18.6 Å². The Morgan fingerprint density at radius 1 is 1.05 bits per heavy atom. The summed E-state index contributed by atoms with van der Waals surface area (Å²) >= 11 is 0. The highest BCUT2D eigenvalue weighted by molar-refractivity contribution is 5.91. The first kappa shape index (κ1) is 14.8. The summed E-state index contributed by atoms with van der Waals surface area (Å²) in [6.45, 7) is 2.10. The van der Waals surface area contributed by atoms with Crippen LogP contribution in [0.2, 0.25) is 0 Å². The SMILES string of the molecule is CCOC(=O)c1ccccc1Cc1ccc(C(=O)O)cc1. The minimum atomic E-state index is -0.950. The normalized spacial score (nSPS) is 10.1. The van der Waals surface area contributed by atoms with Gasteiger partial charge in [0.1, 0.15) is 0 Å². The van der Waals surface area contributed by atoms with Crippen LogP contribution in [0, 0.1) is 0 Å². The maximum Gasteiger partial charge on any atom is 0.338 e. The highest BCUT2D eigenvalue weighted by Gasteiger charge is 2.12. The van der Waals surface area contributed by atoms with Crippen molar-refractivity contribution in [1.82, 2.24) is 0 Å². The van der Waals surface area contributed by atoms with Crippen LogP contribution in [0.1, 0.15) is 38.8 Å². The molecule has 0 aliphatic rings. The van der Waals surface area contributed by atoms with E-state index in [-0.39, 0.29) is 11.5 Å². The van der Waals surface area contributed by atoms with E-state index in [9.17, 15) is 9.59 Å². The molecule has 0 spiro atoms. The number of carbonyl (C=O) groups excluding carboxylic acids is 1. The molecule has 0 heterocycles. The van der Waals surface area contributed by atoms with Gasteiger partial charge >= 0.3 is 11.9 Å². The van der Waals surface area contributed by atoms with Gasteiger partial charge in [0.15, 0.2) is 0 Å². The quantitative estimate of drug-likeness (QED) is 0.857. The van der Waals surface area contributed by atoms with Gasteiger partial charge in [0, 0.05) is 0 Å². The molecule has 108 valence electrons. The molecule has 0 aromatic heterocycles. The first-order valence-corrected chi connectivity index (χ1v) is 6.69. The lowest BCUT2D eigenvalue weighted by Crippen LogP contribution is -2.08. The highest BCUT2D eigenvalue weighted by Crippen LogP contribution is 2.16. The molecule has 21 heavy (non-hydrogen) atoms. The van der Waals surface area contributed by atoms with Crippen LogP contribution < -0.4 is 0 Å². The number of esters is 1. The molecule has 0 aliphatic carbocycles. The lowest BCUT2D eigenvalue weighted by Gasteiger charge is -2.09. The molecular weight excluding hydrogens is 268 g/mol. The summed E-state index contributed by atoms with van der Waals surface area (Å²) in [7, 11) is 0. The molecule has 2 rings (SSSR count). The van der Waals surface area contributed by atoms with Gasteiger partial charge in [-0.1, -0.05) is 30.3 Å². The summed E-state index contributed by atoms with van der Waals surface area (Å²) in [4.78, 5) is 22.7. The molecule has 0 amide bonds. The van der Waals surface area contributed by atoms with Gasteiger partial charge in [-0.15, -0.1) is 0 Å². The number of carboxylic acid groups (broad SMARTS) is 1. The predicted octanol–water partition coefficient (Wildman–Crippen LogP) is 3.15. The fourth-order valence-electron chi connectivity index (χ4n) is 2.07. The zero-order valence-corrected chi connectivity index (χ0v) is 11.7. The Morgan fingerprint density at radius 3 is 2.33 bits per heavy atom. The van der Waals surface area contributed by atoms with Gasteiger partial charge in [-0.3, -0.25) is 0 Å². The van der Waals surface area contributed by atoms with Crippen molar-refractivity contribution >= 4 is 11.9 Å². The van der Waals surface area contributed by atoms with E-state index in [4.69, 9.17) is 9.84 Å². The summed E-state index contributed by atoms with van der Waals surface area (Å²) in [6.07, 6.45) is 0.550.